The van der Waals surface area contributed by atoms with E-state index in [1.54, 1.807) is 0 Å². The van der Waals surface area contributed by atoms with Crippen molar-refractivity contribution >= 4 is 5.88 Å². The number of aliphatic hydroxyl groups excluding tert-OH is 1. The molecular weight excluding hydrogens is 216 g/mol. The number of nitrogens with one attached hydrogen (secondary N) is 1. The summed E-state index contributed by atoms with van der Waals surface area (Å²) in [5.41, 5.74) is 0. The van der Waals surface area contributed by atoms with Gasteiger partial charge in [0.1, 0.15) is 10.7 Å². The first-order valence-corrected chi connectivity index (χ1v) is 4.73. The number of ether oxygens (including phenoxy) is 1. The molecule has 0 bridgehead atoms. The predicted octanol–water partition coefficient (Wildman–Crippen LogP) is 0.285. The summed E-state index contributed by atoms with van der Waals surface area (Å²) in [4.78, 5) is 9.75. The molecule has 0 aliphatic carbocycles. The summed E-state index contributed by atoms with van der Waals surface area (Å²) >= 11 is 0. The van der Waals surface area contributed by atoms with E-state index < -0.39 is 4.92 Å². The van der Waals surface area contributed by atoms with Crippen LogP contribution >= 0.6 is 0 Å². The van der Waals surface area contributed by atoms with E-state index in [1.807, 2.05) is 0 Å². The van der Waals surface area contributed by atoms with Crippen LogP contribution in [0.5, 0.6) is 0 Å². The fraction of sp³-hybridized carbons (Fsp3) is 0.556. The maximum Gasteiger partial charge on any atom is 0.433 e. The minimum atomic E-state index is -0.595. The van der Waals surface area contributed by atoms with Crippen LogP contribution in [0.25, 0.3) is 0 Å². The molecule has 0 fully saturated rings. The van der Waals surface area contributed by atoms with Crippen LogP contribution in [0.2, 0.25) is 0 Å². The molecule has 0 amide bonds. The lowest BCUT2D eigenvalue weighted by molar-refractivity contribution is -0.402. The molecule has 0 aromatic carbocycles. The monoisotopic (exact) mass is 230 g/mol. The second kappa shape index (κ2) is 6.21. The van der Waals surface area contributed by atoms with Crippen LogP contribution in [0.1, 0.15) is 5.76 Å². The van der Waals surface area contributed by atoms with Gasteiger partial charge < -0.3 is 19.6 Å². The lowest BCUT2D eigenvalue weighted by atomic mass is 10.3. The number of rotatable bonds is 7. The second-order valence-corrected chi connectivity index (χ2v) is 3.21. The smallest absolute Gasteiger partial charge is 0.404 e. The molecule has 0 saturated heterocycles. The van der Waals surface area contributed by atoms with E-state index in [4.69, 9.17) is 14.3 Å². The first kappa shape index (κ1) is 12.6. The van der Waals surface area contributed by atoms with Crippen molar-refractivity contribution in [3.8, 4) is 0 Å². The van der Waals surface area contributed by atoms with Crippen molar-refractivity contribution in [1.82, 2.24) is 5.32 Å². The van der Waals surface area contributed by atoms with Gasteiger partial charge in [0.05, 0.1) is 31.9 Å². The molecule has 1 atom stereocenters. The fourth-order valence-electron chi connectivity index (χ4n) is 1.18. The van der Waals surface area contributed by atoms with E-state index in [2.05, 4.69) is 5.32 Å². The average Bonchev–Trinajstić information content (AvgIpc) is 2.73. The molecule has 1 aromatic rings. The SMILES string of the molecule is COCC(CO)NCc1ccc([N+](=O)[O-])o1. The molecule has 2 N–H and O–H groups in total. The summed E-state index contributed by atoms with van der Waals surface area (Å²) in [7, 11) is 1.53. The quantitative estimate of drug-likeness (QED) is 0.516. The van der Waals surface area contributed by atoms with E-state index in [-0.39, 0.29) is 18.5 Å². The number of nitro groups is 1. The molecule has 0 aliphatic heterocycles. The summed E-state index contributed by atoms with van der Waals surface area (Å²) < 4.78 is 9.80. The normalized spacial score (nSPS) is 12.6. The number of hydrogen-bond donors (Lipinski definition) is 2. The number of aliphatic hydroxyl groups is 1. The fourth-order valence-corrected chi connectivity index (χ4v) is 1.18. The molecule has 7 heteroatoms. The zero-order chi connectivity index (χ0) is 12.0. The maximum absolute atomic E-state index is 10.3. The summed E-state index contributed by atoms with van der Waals surface area (Å²) in [6, 6.07) is 2.60. The van der Waals surface area contributed by atoms with Crippen molar-refractivity contribution in [2.45, 2.75) is 12.6 Å². The number of furan rings is 1. The third kappa shape index (κ3) is 3.61. The highest BCUT2D eigenvalue weighted by Gasteiger charge is 2.13. The summed E-state index contributed by atoms with van der Waals surface area (Å²) in [6.45, 7) is 0.596. The molecule has 0 aliphatic rings. The molecule has 90 valence electrons. The van der Waals surface area contributed by atoms with Gasteiger partial charge in [0.2, 0.25) is 0 Å². The standard InChI is InChI=1S/C9H14N2O5/c1-15-6-7(5-12)10-4-8-2-3-9(16-8)11(13)14/h2-3,7,10,12H,4-6H2,1H3. The molecular formula is C9H14N2O5. The van der Waals surface area contributed by atoms with E-state index in [1.165, 1.54) is 19.2 Å². The Balaban J connectivity index is 2.44. The first-order chi connectivity index (χ1) is 7.67. The molecule has 16 heavy (non-hydrogen) atoms. The van der Waals surface area contributed by atoms with Crippen LogP contribution in [0.15, 0.2) is 16.5 Å². The summed E-state index contributed by atoms with van der Waals surface area (Å²) in [5, 5.41) is 22.2. The van der Waals surface area contributed by atoms with Crippen LogP contribution in [0, 0.1) is 10.1 Å². The zero-order valence-electron chi connectivity index (χ0n) is 8.88. The van der Waals surface area contributed by atoms with E-state index >= 15 is 0 Å². The molecule has 7 nitrogen and oxygen atoms in total. The first-order valence-electron chi connectivity index (χ1n) is 4.73. The Hall–Kier alpha value is -1.44. The summed E-state index contributed by atoms with van der Waals surface area (Å²) in [5.74, 6) is 0.158. The second-order valence-electron chi connectivity index (χ2n) is 3.21. The predicted molar refractivity (Wildman–Crippen MR) is 55.0 cm³/mol. The largest absolute Gasteiger partial charge is 0.433 e. The number of nitrogens with zero attached hydrogens (tertiary/aromatic N) is 1. The molecule has 0 radical (unpaired) electrons. The van der Waals surface area contributed by atoms with E-state index in [0.29, 0.717) is 18.9 Å². The Morgan fingerprint density at radius 3 is 2.94 bits per heavy atom. The van der Waals surface area contributed by atoms with Crippen molar-refractivity contribution in [1.29, 1.82) is 0 Å². The topological polar surface area (TPSA) is 97.8 Å². The van der Waals surface area contributed by atoms with Gasteiger partial charge in [-0.25, -0.2) is 0 Å². The van der Waals surface area contributed by atoms with Gasteiger partial charge in [0, 0.05) is 7.11 Å². The molecule has 1 unspecified atom stereocenters. The highest BCUT2D eigenvalue weighted by molar-refractivity contribution is 5.17. The van der Waals surface area contributed by atoms with Gasteiger partial charge in [0.25, 0.3) is 0 Å². The Morgan fingerprint density at radius 2 is 2.44 bits per heavy atom. The third-order valence-electron chi connectivity index (χ3n) is 1.98. The van der Waals surface area contributed by atoms with Crippen LogP contribution < -0.4 is 5.32 Å². The minimum Gasteiger partial charge on any atom is -0.404 e. The maximum atomic E-state index is 10.3. The Labute approximate surface area is 92.2 Å². The van der Waals surface area contributed by atoms with Gasteiger partial charge in [-0.15, -0.1) is 0 Å². The van der Waals surface area contributed by atoms with E-state index in [9.17, 15) is 10.1 Å². The van der Waals surface area contributed by atoms with Crippen LogP contribution in [0.4, 0.5) is 5.88 Å². The van der Waals surface area contributed by atoms with Gasteiger partial charge in [-0.1, -0.05) is 0 Å². The molecule has 0 spiro atoms. The van der Waals surface area contributed by atoms with Crippen LogP contribution in [0.3, 0.4) is 0 Å². The van der Waals surface area contributed by atoms with Gasteiger partial charge in [-0.2, -0.15) is 0 Å². The van der Waals surface area contributed by atoms with Crippen molar-refractivity contribution in [3.05, 3.63) is 28.0 Å². The molecule has 1 heterocycles. The van der Waals surface area contributed by atoms with Gasteiger partial charge in [-0.3, -0.25) is 10.1 Å². The van der Waals surface area contributed by atoms with Gasteiger partial charge in [-0.05, 0) is 6.07 Å². The lowest BCUT2D eigenvalue weighted by Crippen LogP contribution is -2.35. The van der Waals surface area contributed by atoms with Gasteiger partial charge in [0.15, 0.2) is 0 Å². The number of methoxy groups -OCH3 is 1. The summed E-state index contributed by atoms with van der Waals surface area (Å²) in [6.07, 6.45) is 0. The van der Waals surface area contributed by atoms with E-state index in [0.717, 1.165) is 0 Å². The molecule has 0 saturated carbocycles. The highest BCUT2D eigenvalue weighted by Crippen LogP contribution is 2.15. The zero-order valence-corrected chi connectivity index (χ0v) is 8.88. The van der Waals surface area contributed by atoms with Crippen molar-refractivity contribution in [2.24, 2.45) is 0 Å². The molecule has 1 aromatic heterocycles. The highest BCUT2D eigenvalue weighted by atomic mass is 16.6. The lowest BCUT2D eigenvalue weighted by Gasteiger charge is -2.13. The van der Waals surface area contributed by atoms with Crippen molar-refractivity contribution < 1.29 is 19.2 Å². The van der Waals surface area contributed by atoms with Crippen molar-refractivity contribution in [2.75, 3.05) is 20.3 Å². The third-order valence-corrected chi connectivity index (χ3v) is 1.98. The average molecular weight is 230 g/mol. The Bertz CT molecular complexity index is 338. The van der Waals surface area contributed by atoms with Crippen molar-refractivity contribution in [3.63, 3.8) is 0 Å². The van der Waals surface area contributed by atoms with Crippen LogP contribution in [-0.2, 0) is 11.3 Å². The Kier molecular flexibility index (Phi) is 4.90. The van der Waals surface area contributed by atoms with Gasteiger partial charge >= 0.3 is 5.88 Å². The minimum absolute atomic E-state index is 0.0728. The Morgan fingerprint density at radius 1 is 1.69 bits per heavy atom. The van der Waals surface area contributed by atoms with Crippen LogP contribution in [-0.4, -0.2) is 36.4 Å². The number of hydrogen-bond acceptors (Lipinski definition) is 6. The molecule has 1 rings (SSSR count).